The van der Waals surface area contributed by atoms with Gasteiger partial charge in [-0.15, -0.1) is 0 Å². The maximum Gasteiger partial charge on any atom is 0.397 e. The molecule has 100 valence electrons. The second kappa shape index (κ2) is 5.32. The zero-order chi connectivity index (χ0) is 13.1. The van der Waals surface area contributed by atoms with E-state index in [4.69, 9.17) is 9.26 Å². The number of aliphatic hydroxyl groups excluding tert-OH is 2. The zero-order valence-corrected chi connectivity index (χ0v) is 9.94. The number of rotatable bonds is 3. The van der Waals surface area contributed by atoms with E-state index >= 15 is 0 Å². The van der Waals surface area contributed by atoms with Gasteiger partial charge in [0.1, 0.15) is 0 Å². The van der Waals surface area contributed by atoms with Gasteiger partial charge >= 0.3 is 11.9 Å². The molecule has 1 aliphatic rings. The molecule has 2 heterocycles. The summed E-state index contributed by atoms with van der Waals surface area (Å²) in [6, 6.07) is 0. The van der Waals surface area contributed by atoms with Crippen molar-refractivity contribution in [1.82, 2.24) is 10.1 Å². The van der Waals surface area contributed by atoms with Crippen LogP contribution in [-0.4, -0.2) is 58.2 Å². The van der Waals surface area contributed by atoms with Crippen LogP contribution in [0.5, 0.6) is 0 Å². The Hall–Kier alpha value is -1.67. The quantitative estimate of drug-likeness (QED) is 0.676. The van der Waals surface area contributed by atoms with Gasteiger partial charge in [0, 0.05) is 13.1 Å². The Bertz CT molecular complexity index is 421. The van der Waals surface area contributed by atoms with E-state index in [0.29, 0.717) is 13.0 Å². The molecule has 0 saturated carbocycles. The van der Waals surface area contributed by atoms with E-state index in [1.807, 2.05) is 0 Å². The minimum atomic E-state index is -0.858. The molecule has 1 aromatic rings. The maximum absolute atomic E-state index is 11.3. The molecule has 2 unspecified atom stereocenters. The molecule has 2 N–H and O–H groups in total. The predicted octanol–water partition coefficient (Wildman–Crippen LogP) is -0.822. The van der Waals surface area contributed by atoms with Crippen molar-refractivity contribution in [2.45, 2.75) is 25.6 Å². The summed E-state index contributed by atoms with van der Waals surface area (Å²) in [7, 11) is 0. The van der Waals surface area contributed by atoms with E-state index in [2.05, 4.69) is 10.1 Å². The van der Waals surface area contributed by atoms with Gasteiger partial charge in [0.05, 0.1) is 18.8 Å². The van der Waals surface area contributed by atoms with E-state index < -0.39 is 18.2 Å². The summed E-state index contributed by atoms with van der Waals surface area (Å²) in [5.41, 5.74) is 0. The minimum Gasteiger partial charge on any atom is -0.459 e. The molecule has 2 atom stereocenters. The van der Waals surface area contributed by atoms with E-state index in [9.17, 15) is 15.0 Å². The number of carbonyl (C=O) groups is 1. The molecule has 1 fully saturated rings. The number of hydrogen-bond acceptors (Lipinski definition) is 8. The summed E-state index contributed by atoms with van der Waals surface area (Å²) in [4.78, 5) is 16.9. The Morgan fingerprint density at radius 2 is 2.33 bits per heavy atom. The highest BCUT2D eigenvalue weighted by molar-refractivity contribution is 5.84. The first-order valence-electron chi connectivity index (χ1n) is 5.73. The van der Waals surface area contributed by atoms with Crippen molar-refractivity contribution in [2.24, 2.45) is 0 Å². The van der Waals surface area contributed by atoms with Crippen LogP contribution < -0.4 is 4.90 Å². The molecular weight excluding hydrogens is 242 g/mol. The van der Waals surface area contributed by atoms with Crippen LogP contribution in [0.4, 0.5) is 5.95 Å². The topological polar surface area (TPSA) is 109 Å². The van der Waals surface area contributed by atoms with Gasteiger partial charge in [-0.3, -0.25) is 0 Å². The second-order valence-electron chi connectivity index (χ2n) is 3.99. The molecular formula is C10H15N3O5. The maximum atomic E-state index is 11.3. The smallest absolute Gasteiger partial charge is 0.397 e. The van der Waals surface area contributed by atoms with Crippen molar-refractivity contribution in [2.75, 3.05) is 24.6 Å². The lowest BCUT2D eigenvalue weighted by Crippen LogP contribution is -2.47. The number of nitrogens with zero attached hydrogens (tertiary/aromatic N) is 3. The molecule has 0 radical (unpaired) electrons. The van der Waals surface area contributed by atoms with E-state index in [1.54, 1.807) is 11.8 Å². The van der Waals surface area contributed by atoms with Crippen LogP contribution in [0.3, 0.4) is 0 Å². The third-order valence-corrected chi connectivity index (χ3v) is 2.69. The summed E-state index contributed by atoms with van der Waals surface area (Å²) < 4.78 is 9.50. The number of piperidine rings is 1. The standard InChI is InChI=1S/C10H15N3O5/c1-2-17-9(16)8-11-10(12-18-8)13-4-3-6(14)7(15)5-13/h6-7,14-15H,2-5H2,1H3. The summed E-state index contributed by atoms with van der Waals surface area (Å²) in [6.07, 6.45) is -1.19. The minimum absolute atomic E-state index is 0.197. The largest absolute Gasteiger partial charge is 0.459 e. The van der Waals surface area contributed by atoms with Crippen LogP contribution >= 0.6 is 0 Å². The van der Waals surface area contributed by atoms with Gasteiger partial charge in [-0.05, 0) is 18.5 Å². The summed E-state index contributed by atoms with van der Waals surface area (Å²) in [5, 5.41) is 22.6. The van der Waals surface area contributed by atoms with Gasteiger partial charge < -0.3 is 24.4 Å². The normalized spacial score (nSPS) is 24.1. The first-order chi connectivity index (χ1) is 8.61. The number of anilines is 1. The Labute approximate surface area is 103 Å². The lowest BCUT2D eigenvalue weighted by molar-refractivity contribution is 0.00761. The second-order valence-corrected chi connectivity index (χ2v) is 3.99. The Morgan fingerprint density at radius 3 is 3.00 bits per heavy atom. The molecule has 2 rings (SSSR count). The third kappa shape index (κ3) is 2.59. The fourth-order valence-corrected chi connectivity index (χ4v) is 1.72. The number of β-amino-alcohol motifs (C(OH)–C–C–N with tert-alkyl or cyclic N) is 1. The molecule has 0 aromatic carbocycles. The summed E-state index contributed by atoms with van der Waals surface area (Å²) in [5.74, 6) is -0.676. The van der Waals surface area contributed by atoms with Gasteiger partial charge in [-0.25, -0.2) is 4.79 Å². The SMILES string of the molecule is CCOC(=O)c1nc(N2CCC(O)C(O)C2)no1. The van der Waals surface area contributed by atoms with Crippen molar-refractivity contribution in [3.8, 4) is 0 Å². The molecule has 8 nitrogen and oxygen atoms in total. The van der Waals surface area contributed by atoms with Crippen molar-refractivity contribution < 1.29 is 24.3 Å². The van der Waals surface area contributed by atoms with Gasteiger partial charge in [0.2, 0.25) is 0 Å². The predicted molar refractivity (Wildman–Crippen MR) is 59.1 cm³/mol. The number of aromatic nitrogens is 2. The monoisotopic (exact) mass is 257 g/mol. The van der Waals surface area contributed by atoms with Crippen molar-refractivity contribution in [3.05, 3.63) is 5.89 Å². The average Bonchev–Trinajstić information content (AvgIpc) is 2.82. The Morgan fingerprint density at radius 1 is 1.56 bits per heavy atom. The molecule has 1 aromatic heterocycles. The van der Waals surface area contributed by atoms with Crippen molar-refractivity contribution in [1.29, 1.82) is 0 Å². The highest BCUT2D eigenvalue weighted by Gasteiger charge is 2.29. The highest BCUT2D eigenvalue weighted by Crippen LogP contribution is 2.17. The Kier molecular flexibility index (Phi) is 3.78. The first-order valence-corrected chi connectivity index (χ1v) is 5.73. The van der Waals surface area contributed by atoms with Crippen LogP contribution in [0.25, 0.3) is 0 Å². The molecule has 0 bridgehead atoms. The number of ether oxygens (including phenoxy) is 1. The van der Waals surface area contributed by atoms with E-state index in [-0.39, 0.29) is 25.0 Å². The van der Waals surface area contributed by atoms with Crippen LogP contribution in [-0.2, 0) is 4.74 Å². The molecule has 1 aliphatic heterocycles. The lowest BCUT2D eigenvalue weighted by Gasteiger charge is -2.32. The van der Waals surface area contributed by atoms with Crippen molar-refractivity contribution >= 4 is 11.9 Å². The van der Waals surface area contributed by atoms with Crippen LogP contribution in [0.1, 0.15) is 24.0 Å². The van der Waals surface area contributed by atoms with Gasteiger partial charge in [-0.1, -0.05) is 0 Å². The first kappa shape index (κ1) is 12.8. The van der Waals surface area contributed by atoms with Gasteiger partial charge in [0.15, 0.2) is 0 Å². The highest BCUT2D eigenvalue weighted by atomic mass is 16.6. The molecule has 8 heteroatoms. The van der Waals surface area contributed by atoms with Gasteiger partial charge in [-0.2, -0.15) is 4.98 Å². The van der Waals surface area contributed by atoms with Crippen molar-refractivity contribution in [3.63, 3.8) is 0 Å². The van der Waals surface area contributed by atoms with E-state index in [1.165, 1.54) is 0 Å². The summed E-state index contributed by atoms with van der Waals surface area (Å²) >= 11 is 0. The zero-order valence-electron chi connectivity index (χ0n) is 9.94. The fraction of sp³-hybridized carbons (Fsp3) is 0.700. The fourth-order valence-electron chi connectivity index (χ4n) is 1.72. The lowest BCUT2D eigenvalue weighted by atomic mass is 10.1. The number of carbonyl (C=O) groups excluding carboxylic acids is 1. The molecule has 0 spiro atoms. The number of aliphatic hydroxyl groups is 2. The molecule has 0 amide bonds. The Balaban J connectivity index is 2.04. The van der Waals surface area contributed by atoms with Crippen LogP contribution in [0.15, 0.2) is 4.52 Å². The van der Waals surface area contributed by atoms with Crippen LogP contribution in [0, 0.1) is 0 Å². The van der Waals surface area contributed by atoms with E-state index in [0.717, 1.165) is 0 Å². The number of hydrogen-bond donors (Lipinski definition) is 2. The van der Waals surface area contributed by atoms with Gasteiger partial charge in [0.25, 0.3) is 5.95 Å². The average molecular weight is 257 g/mol. The molecule has 18 heavy (non-hydrogen) atoms. The van der Waals surface area contributed by atoms with Crippen LogP contribution in [0.2, 0.25) is 0 Å². The molecule has 0 aliphatic carbocycles. The third-order valence-electron chi connectivity index (χ3n) is 2.69. The number of esters is 1. The summed E-state index contributed by atoms with van der Waals surface area (Å²) in [6.45, 7) is 2.59. The molecule has 1 saturated heterocycles.